The number of esters is 4. The van der Waals surface area contributed by atoms with Gasteiger partial charge in [0.05, 0.1) is 0 Å². The Labute approximate surface area is 260 Å². The van der Waals surface area contributed by atoms with Crippen molar-refractivity contribution in [3.63, 3.8) is 0 Å². The zero-order valence-electron chi connectivity index (χ0n) is 25.8. The predicted octanol–water partition coefficient (Wildman–Crippen LogP) is 2.01. The minimum atomic E-state index is -1.27. The molecule has 1 aliphatic rings. The number of carbonyl (C=O) groups excluding carboxylic acids is 6. The lowest BCUT2D eigenvalue weighted by molar-refractivity contribution is -0.211. The molecule has 0 saturated carbocycles. The Balaban J connectivity index is 2.37. The van der Waals surface area contributed by atoms with Crippen LogP contribution in [0.2, 0.25) is 0 Å². The first kappa shape index (κ1) is 36.3. The lowest BCUT2D eigenvalue weighted by Crippen LogP contribution is -2.65. The van der Waals surface area contributed by atoms with Crippen molar-refractivity contribution in [1.82, 2.24) is 10.6 Å². The molecule has 15 heteroatoms. The van der Waals surface area contributed by atoms with Crippen LogP contribution < -0.4 is 10.6 Å². The molecule has 6 atom stereocenters. The highest BCUT2D eigenvalue weighted by Gasteiger charge is 2.51. The summed E-state index contributed by atoms with van der Waals surface area (Å²) >= 11 is 0.975. The SMILES string of the molecule is CC(=O)N[C@@H]1[C@@H](OC(C)=O)[C@H](OC(C)=O)[C@@H](COC(C)=O)O[C@H]1SC[C@H](NC(=O)OC(C)(C)C)C(=O)OCc1ccccc1. The van der Waals surface area contributed by atoms with Crippen LogP contribution in [0.4, 0.5) is 4.79 Å². The Kier molecular flexibility index (Phi) is 13.9. The van der Waals surface area contributed by atoms with Crippen LogP contribution in [0.25, 0.3) is 0 Å². The smallest absolute Gasteiger partial charge is 0.408 e. The van der Waals surface area contributed by atoms with Crippen LogP contribution >= 0.6 is 11.8 Å². The highest BCUT2D eigenvalue weighted by atomic mass is 32.2. The van der Waals surface area contributed by atoms with Crippen molar-refractivity contribution in [3.8, 4) is 0 Å². The van der Waals surface area contributed by atoms with E-state index in [1.54, 1.807) is 45.0 Å². The van der Waals surface area contributed by atoms with Gasteiger partial charge in [0.25, 0.3) is 0 Å². The van der Waals surface area contributed by atoms with Gasteiger partial charge in [-0.15, -0.1) is 11.8 Å². The highest BCUT2D eigenvalue weighted by Crippen LogP contribution is 2.33. The van der Waals surface area contributed by atoms with Crippen molar-refractivity contribution in [1.29, 1.82) is 0 Å². The van der Waals surface area contributed by atoms with E-state index in [1.807, 2.05) is 6.07 Å². The van der Waals surface area contributed by atoms with E-state index < -0.39 is 77.3 Å². The number of carbonyl (C=O) groups is 6. The Morgan fingerprint density at radius 1 is 0.886 bits per heavy atom. The molecule has 0 aromatic heterocycles. The molecule has 2 amide bonds. The maximum absolute atomic E-state index is 13.2. The Morgan fingerprint density at radius 3 is 2.05 bits per heavy atom. The zero-order valence-corrected chi connectivity index (χ0v) is 26.6. The van der Waals surface area contributed by atoms with E-state index >= 15 is 0 Å². The molecule has 1 heterocycles. The molecular weight excluding hydrogens is 600 g/mol. The number of amides is 2. The number of nitrogens with one attached hydrogen (secondary N) is 2. The van der Waals surface area contributed by atoms with E-state index in [4.69, 9.17) is 28.4 Å². The van der Waals surface area contributed by atoms with Gasteiger partial charge in [0.15, 0.2) is 12.2 Å². The number of hydrogen-bond donors (Lipinski definition) is 2. The van der Waals surface area contributed by atoms with Gasteiger partial charge < -0.3 is 39.1 Å². The third-order valence-corrected chi connectivity index (χ3v) is 6.96. The molecule has 0 bridgehead atoms. The minimum Gasteiger partial charge on any atom is -0.463 e. The quantitative estimate of drug-likeness (QED) is 0.250. The van der Waals surface area contributed by atoms with Crippen LogP contribution in [-0.2, 0) is 59.0 Å². The van der Waals surface area contributed by atoms with Crippen LogP contribution in [0.3, 0.4) is 0 Å². The molecule has 244 valence electrons. The first-order chi connectivity index (χ1) is 20.6. The maximum Gasteiger partial charge on any atom is 0.408 e. The Bertz CT molecular complexity index is 1170. The van der Waals surface area contributed by atoms with Crippen LogP contribution in [0.1, 0.15) is 54.0 Å². The van der Waals surface area contributed by atoms with E-state index in [1.165, 1.54) is 13.8 Å². The summed E-state index contributed by atoms with van der Waals surface area (Å²) in [6.07, 6.45) is -4.54. The molecule has 1 saturated heterocycles. The molecule has 0 aliphatic carbocycles. The topological polar surface area (TPSA) is 182 Å². The second-order valence-corrected chi connectivity index (χ2v) is 12.0. The first-order valence-electron chi connectivity index (χ1n) is 13.8. The second kappa shape index (κ2) is 16.9. The monoisotopic (exact) mass is 640 g/mol. The predicted molar refractivity (Wildman–Crippen MR) is 156 cm³/mol. The fourth-order valence-corrected chi connectivity index (χ4v) is 5.33. The molecule has 1 aliphatic heterocycles. The number of rotatable bonds is 12. The van der Waals surface area contributed by atoms with Gasteiger partial charge >= 0.3 is 30.0 Å². The first-order valence-corrected chi connectivity index (χ1v) is 14.8. The molecule has 0 radical (unpaired) electrons. The van der Waals surface area contributed by atoms with E-state index in [-0.39, 0.29) is 19.0 Å². The van der Waals surface area contributed by atoms with Crippen molar-refractivity contribution in [2.24, 2.45) is 0 Å². The lowest BCUT2D eigenvalue weighted by Gasteiger charge is -2.45. The summed E-state index contributed by atoms with van der Waals surface area (Å²) in [6.45, 7) is 9.22. The third-order valence-electron chi connectivity index (χ3n) is 5.70. The zero-order chi connectivity index (χ0) is 33.0. The average molecular weight is 641 g/mol. The molecule has 1 fully saturated rings. The molecular formula is C29H40N2O12S. The molecule has 2 rings (SSSR count). The van der Waals surface area contributed by atoms with Crippen molar-refractivity contribution in [3.05, 3.63) is 35.9 Å². The number of thioether (sulfide) groups is 1. The largest absolute Gasteiger partial charge is 0.463 e. The van der Waals surface area contributed by atoms with Gasteiger partial charge in [-0.2, -0.15) is 0 Å². The van der Waals surface area contributed by atoms with Crippen LogP contribution in [0.5, 0.6) is 0 Å². The van der Waals surface area contributed by atoms with Crippen molar-refractivity contribution in [2.75, 3.05) is 12.4 Å². The number of alkyl carbamates (subject to hydrolysis) is 1. The summed E-state index contributed by atoms with van der Waals surface area (Å²) in [5, 5.41) is 5.17. The summed E-state index contributed by atoms with van der Waals surface area (Å²) in [7, 11) is 0. The molecule has 44 heavy (non-hydrogen) atoms. The van der Waals surface area contributed by atoms with Gasteiger partial charge in [-0.05, 0) is 26.3 Å². The fourth-order valence-electron chi connectivity index (χ4n) is 4.07. The molecule has 0 unspecified atom stereocenters. The summed E-state index contributed by atoms with van der Waals surface area (Å²) in [6, 6.07) is 6.58. The van der Waals surface area contributed by atoms with Gasteiger partial charge in [0.2, 0.25) is 5.91 Å². The van der Waals surface area contributed by atoms with E-state index in [0.29, 0.717) is 0 Å². The molecule has 14 nitrogen and oxygen atoms in total. The standard InChI is InChI=1S/C29H40N2O12S/c1-16(32)30-23-25(41-19(4)35)24(40-18(3)34)22(14-38-17(2)33)42-27(23)44-15-21(31-28(37)43-29(5,6)7)26(36)39-13-20-11-9-8-10-12-20/h8-12,21-25,27H,13-15H2,1-7H3,(H,30,32)(H,31,37)/t21-,22+,23+,24+,25+,27-/m0/s1. The summed E-state index contributed by atoms with van der Waals surface area (Å²) in [5.74, 6) is -3.57. The fraction of sp³-hybridized carbons (Fsp3) is 0.586. The number of ether oxygens (including phenoxy) is 6. The van der Waals surface area contributed by atoms with Gasteiger partial charge in [-0.25, -0.2) is 9.59 Å². The molecule has 1 aromatic rings. The maximum atomic E-state index is 13.2. The van der Waals surface area contributed by atoms with Crippen molar-refractivity contribution >= 4 is 47.6 Å². The number of hydrogen-bond acceptors (Lipinski definition) is 13. The van der Waals surface area contributed by atoms with Crippen LogP contribution in [0, 0.1) is 0 Å². The normalized spacial score (nSPS) is 22.0. The highest BCUT2D eigenvalue weighted by molar-refractivity contribution is 7.99. The van der Waals surface area contributed by atoms with Crippen molar-refractivity contribution in [2.45, 2.75) is 96.5 Å². The van der Waals surface area contributed by atoms with Crippen LogP contribution in [-0.4, -0.2) is 89.7 Å². The minimum absolute atomic E-state index is 0.0612. The lowest BCUT2D eigenvalue weighted by atomic mass is 9.97. The number of benzene rings is 1. The third kappa shape index (κ3) is 12.8. The second-order valence-electron chi connectivity index (χ2n) is 10.8. The Morgan fingerprint density at radius 2 is 1.50 bits per heavy atom. The molecule has 1 aromatic carbocycles. The average Bonchev–Trinajstić information content (AvgIpc) is 2.90. The van der Waals surface area contributed by atoms with Gasteiger partial charge in [-0.1, -0.05) is 30.3 Å². The summed E-state index contributed by atoms with van der Waals surface area (Å²) < 4.78 is 32.9. The summed E-state index contributed by atoms with van der Waals surface area (Å²) in [4.78, 5) is 73.7. The van der Waals surface area contributed by atoms with Gasteiger partial charge in [0.1, 0.15) is 42.4 Å². The van der Waals surface area contributed by atoms with Gasteiger partial charge in [0, 0.05) is 33.4 Å². The van der Waals surface area contributed by atoms with E-state index in [0.717, 1.165) is 31.2 Å². The van der Waals surface area contributed by atoms with E-state index in [2.05, 4.69) is 10.6 Å². The van der Waals surface area contributed by atoms with Crippen LogP contribution in [0.15, 0.2) is 30.3 Å². The van der Waals surface area contributed by atoms with E-state index in [9.17, 15) is 28.8 Å². The molecule has 2 N–H and O–H groups in total. The van der Waals surface area contributed by atoms with Gasteiger partial charge in [-0.3, -0.25) is 19.2 Å². The molecule has 0 spiro atoms. The Hall–Kier alpha value is -3.85. The van der Waals surface area contributed by atoms with Crippen molar-refractivity contribution < 1.29 is 57.2 Å². The summed E-state index contributed by atoms with van der Waals surface area (Å²) in [5.41, 5.74) is -1.19.